The molecule has 7 nitrogen and oxygen atoms in total. The summed E-state index contributed by atoms with van der Waals surface area (Å²) < 4.78 is 1.62. The van der Waals surface area contributed by atoms with Gasteiger partial charge in [0.05, 0.1) is 34.1 Å². The number of hydrogen-bond donors (Lipinski definition) is 1. The number of carbonyl (C=O) groups excluding carboxylic acids is 2. The molecule has 2 saturated heterocycles. The maximum Gasteiger partial charge on any atom is 0.266 e. The van der Waals surface area contributed by atoms with Gasteiger partial charge in [0.25, 0.3) is 5.56 Å². The molecule has 0 unspecified atom stereocenters. The Labute approximate surface area is 224 Å². The van der Waals surface area contributed by atoms with Crippen LogP contribution in [0.3, 0.4) is 0 Å². The van der Waals surface area contributed by atoms with Crippen LogP contribution in [0.5, 0.6) is 0 Å². The van der Waals surface area contributed by atoms with Gasteiger partial charge in [-0.25, -0.2) is 9.88 Å². The molecule has 2 amide bonds. The maximum atomic E-state index is 14.4. The van der Waals surface area contributed by atoms with E-state index in [0.717, 1.165) is 5.56 Å². The third-order valence-electron chi connectivity index (χ3n) is 8.15. The molecule has 8 heteroatoms. The number of nitrogens with zero attached hydrogens (tertiary/aromatic N) is 3. The fraction of sp³-hybridized carbons (Fsp3) is 0.267. The van der Waals surface area contributed by atoms with E-state index < -0.39 is 17.4 Å². The van der Waals surface area contributed by atoms with E-state index in [1.807, 2.05) is 42.5 Å². The molecule has 1 aromatic heterocycles. The highest BCUT2D eigenvalue weighted by atomic mass is 35.5. The summed E-state index contributed by atoms with van der Waals surface area (Å²) in [6.07, 6.45) is 0.686. The van der Waals surface area contributed by atoms with E-state index in [4.69, 9.17) is 16.6 Å². The van der Waals surface area contributed by atoms with E-state index in [1.54, 1.807) is 34.9 Å². The molecule has 2 fully saturated rings. The zero-order valence-electron chi connectivity index (χ0n) is 20.9. The number of rotatable bonds is 3. The maximum absolute atomic E-state index is 14.4. The topological polar surface area (TPSA) is 84.3 Å². The smallest absolute Gasteiger partial charge is 0.266 e. The number of carbonyl (C=O) groups is 2. The Morgan fingerprint density at radius 2 is 1.74 bits per heavy atom. The van der Waals surface area contributed by atoms with E-state index in [2.05, 4.69) is 19.2 Å². The van der Waals surface area contributed by atoms with Crippen LogP contribution in [-0.4, -0.2) is 27.4 Å². The summed E-state index contributed by atoms with van der Waals surface area (Å²) in [6, 6.07) is 21.4. The highest BCUT2D eigenvalue weighted by Gasteiger charge is 2.69. The van der Waals surface area contributed by atoms with Crippen LogP contribution in [0.2, 0.25) is 5.02 Å². The summed E-state index contributed by atoms with van der Waals surface area (Å²) in [5.74, 6) is -1.23. The van der Waals surface area contributed by atoms with Crippen molar-refractivity contribution in [3.63, 3.8) is 0 Å². The lowest BCUT2D eigenvalue weighted by molar-refractivity contribution is -0.123. The highest BCUT2D eigenvalue weighted by Crippen LogP contribution is 2.56. The monoisotopic (exact) mass is 524 g/mol. The number of halogens is 1. The standard InChI is InChI=1S/C30H25ClN4O3/c1-16(2)14-22-24-25(28(38)34(27(24)37)18-9-7-8-17(31)15-18)30(33-22)20-11-4-6-13-23(20)35-26(36)19-10-3-5-12-21(19)32-29(30)35/h3-13,15-16,22,24-25,33H,14H2,1-2H3/t22-,24-,25+,30+/m0/s1. The summed E-state index contributed by atoms with van der Waals surface area (Å²) in [7, 11) is 0. The number of amides is 2. The third-order valence-corrected chi connectivity index (χ3v) is 8.39. The lowest BCUT2D eigenvalue weighted by Gasteiger charge is -2.32. The predicted octanol–water partition coefficient (Wildman–Crippen LogP) is 4.42. The summed E-state index contributed by atoms with van der Waals surface area (Å²) >= 11 is 6.25. The Kier molecular flexibility index (Phi) is 4.97. The second-order valence-electron chi connectivity index (χ2n) is 10.8. The normalized spacial score (nSPS) is 25.5. The van der Waals surface area contributed by atoms with Crippen molar-refractivity contribution in [2.45, 2.75) is 31.8 Å². The van der Waals surface area contributed by atoms with Gasteiger partial charge in [-0.05, 0) is 48.7 Å². The lowest BCUT2D eigenvalue weighted by atomic mass is 9.75. The van der Waals surface area contributed by atoms with Crippen molar-refractivity contribution >= 4 is 40.0 Å². The number of imide groups is 1. The largest absolute Gasteiger partial charge is 0.297 e. The van der Waals surface area contributed by atoms with E-state index in [-0.39, 0.29) is 29.3 Å². The minimum Gasteiger partial charge on any atom is -0.297 e. The van der Waals surface area contributed by atoms with Crippen LogP contribution in [0.25, 0.3) is 16.6 Å². The van der Waals surface area contributed by atoms with Crippen molar-refractivity contribution in [1.82, 2.24) is 14.9 Å². The molecular weight excluding hydrogens is 500 g/mol. The van der Waals surface area contributed by atoms with Crippen molar-refractivity contribution in [3.05, 3.63) is 99.6 Å². The van der Waals surface area contributed by atoms with Crippen molar-refractivity contribution < 1.29 is 9.59 Å². The van der Waals surface area contributed by atoms with Crippen molar-refractivity contribution in [3.8, 4) is 5.69 Å². The molecule has 1 spiro atoms. The zero-order chi connectivity index (χ0) is 26.3. The Morgan fingerprint density at radius 1 is 0.974 bits per heavy atom. The van der Waals surface area contributed by atoms with Gasteiger partial charge in [-0.3, -0.25) is 24.3 Å². The van der Waals surface area contributed by atoms with Gasteiger partial charge < -0.3 is 0 Å². The molecule has 38 heavy (non-hydrogen) atoms. The van der Waals surface area contributed by atoms with Crippen LogP contribution in [0.15, 0.2) is 77.6 Å². The average molecular weight is 525 g/mol. The van der Waals surface area contributed by atoms with Crippen molar-refractivity contribution in [2.75, 3.05) is 4.90 Å². The summed E-state index contributed by atoms with van der Waals surface area (Å²) in [5.41, 5.74) is 1.16. The quantitative estimate of drug-likeness (QED) is 0.401. The van der Waals surface area contributed by atoms with Crippen LogP contribution in [0.4, 0.5) is 5.69 Å². The fourth-order valence-electron chi connectivity index (χ4n) is 6.80. The predicted molar refractivity (Wildman–Crippen MR) is 145 cm³/mol. The molecule has 3 aliphatic rings. The van der Waals surface area contributed by atoms with Gasteiger partial charge in [0.1, 0.15) is 11.4 Å². The molecule has 0 saturated carbocycles. The summed E-state index contributed by atoms with van der Waals surface area (Å²) in [6.45, 7) is 4.20. The van der Waals surface area contributed by atoms with Crippen LogP contribution in [0, 0.1) is 17.8 Å². The molecule has 0 aliphatic carbocycles. The first kappa shape index (κ1) is 23.3. The van der Waals surface area contributed by atoms with Crippen molar-refractivity contribution in [2.24, 2.45) is 17.8 Å². The molecule has 7 rings (SSSR count). The van der Waals surface area contributed by atoms with Gasteiger partial charge in [-0.15, -0.1) is 0 Å². The van der Waals surface area contributed by atoms with Gasteiger partial charge in [0, 0.05) is 16.6 Å². The van der Waals surface area contributed by atoms with Crippen LogP contribution in [-0.2, 0) is 15.1 Å². The van der Waals surface area contributed by atoms with Gasteiger partial charge >= 0.3 is 0 Å². The number of aromatic nitrogens is 2. The number of fused-ring (bicyclic) bond motifs is 8. The summed E-state index contributed by atoms with van der Waals surface area (Å²) in [5, 5.41) is 4.68. The van der Waals surface area contributed by atoms with Gasteiger partial charge in [-0.2, -0.15) is 0 Å². The minimum atomic E-state index is -1.13. The highest BCUT2D eigenvalue weighted by molar-refractivity contribution is 6.31. The fourth-order valence-corrected chi connectivity index (χ4v) is 6.98. The second kappa shape index (κ2) is 8.09. The van der Waals surface area contributed by atoms with Gasteiger partial charge in [0.2, 0.25) is 11.8 Å². The molecule has 1 N–H and O–H groups in total. The first-order valence-corrected chi connectivity index (χ1v) is 13.2. The molecule has 3 aliphatic heterocycles. The minimum absolute atomic E-state index is 0.191. The first-order chi connectivity index (χ1) is 18.3. The molecule has 3 aromatic carbocycles. The van der Waals surface area contributed by atoms with Crippen LogP contribution >= 0.6 is 11.6 Å². The molecule has 4 aromatic rings. The Bertz CT molecular complexity index is 1730. The van der Waals surface area contributed by atoms with E-state index in [1.165, 1.54) is 4.90 Å². The summed E-state index contributed by atoms with van der Waals surface area (Å²) in [4.78, 5) is 48.6. The Morgan fingerprint density at radius 3 is 2.53 bits per heavy atom. The van der Waals surface area contributed by atoms with Crippen LogP contribution < -0.4 is 15.8 Å². The van der Waals surface area contributed by atoms with E-state index >= 15 is 0 Å². The first-order valence-electron chi connectivity index (χ1n) is 12.9. The van der Waals surface area contributed by atoms with E-state index in [9.17, 15) is 14.4 Å². The Balaban J connectivity index is 1.52. The molecule has 0 radical (unpaired) electrons. The average Bonchev–Trinajstić information content (AvgIpc) is 3.47. The molecule has 190 valence electrons. The molecular formula is C30H25ClN4O3. The molecule has 4 atom stereocenters. The Hall–Kier alpha value is -3.81. The molecule has 4 heterocycles. The van der Waals surface area contributed by atoms with E-state index in [0.29, 0.717) is 39.5 Å². The third kappa shape index (κ3) is 2.94. The SMILES string of the molecule is CC(C)C[C@@H]1N[C@]2(c3ccccc3-n3c2nc2ccccc2c3=O)[C@H]2C(=O)N(c3cccc(Cl)c3)C(=O)[C@@H]12. The molecule has 0 bridgehead atoms. The lowest BCUT2D eigenvalue weighted by Crippen LogP contribution is -2.50. The van der Waals surface area contributed by atoms with Gasteiger partial charge in [-0.1, -0.05) is 61.8 Å². The number of nitrogens with one attached hydrogen (secondary N) is 1. The number of para-hydroxylation sites is 2. The second-order valence-corrected chi connectivity index (χ2v) is 11.2. The van der Waals surface area contributed by atoms with Crippen LogP contribution in [0.1, 0.15) is 31.7 Å². The number of anilines is 1. The van der Waals surface area contributed by atoms with Crippen molar-refractivity contribution in [1.29, 1.82) is 0 Å². The zero-order valence-corrected chi connectivity index (χ0v) is 21.6. The number of benzene rings is 3. The number of hydrogen-bond acceptors (Lipinski definition) is 5. The van der Waals surface area contributed by atoms with Gasteiger partial charge in [0.15, 0.2) is 0 Å².